The SMILES string of the molecule is COc1c(-c2cc3c(s2)CCCC3O)c(F)cc2c(=O)c(C(=O)OC3CC3)cn(C)c12. The summed E-state index contributed by atoms with van der Waals surface area (Å²) in [5.41, 5.74) is 0.790. The highest BCUT2D eigenvalue weighted by molar-refractivity contribution is 7.15. The molecule has 0 amide bonds. The third kappa shape index (κ3) is 3.34. The molecule has 5 rings (SSSR count). The van der Waals surface area contributed by atoms with Crippen LogP contribution in [-0.2, 0) is 18.2 Å². The van der Waals surface area contributed by atoms with Crippen molar-refractivity contribution in [3.05, 3.63) is 50.4 Å². The maximum atomic E-state index is 15.4. The van der Waals surface area contributed by atoms with Gasteiger partial charge in [-0.15, -0.1) is 11.3 Å². The first-order chi connectivity index (χ1) is 14.9. The van der Waals surface area contributed by atoms with Gasteiger partial charge in [-0.1, -0.05) is 0 Å². The van der Waals surface area contributed by atoms with Crippen LogP contribution in [0.2, 0.25) is 0 Å². The van der Waals surface area contributed by atoms with Crippen LogP contribution in [0, 0.1) is 5.82 Å². The van der Waals surface area contributed by atoms with Gasteiger partial charge in [-0.25, -0.2) is 9.18 Å². The van der Waals surface area contributed by atoms with Crippen molar-refractivity contribution in [3.8, 4) is 16.2 Å². The Hall–Kier alpha value is -2.71. The topological polar surface area (TPSA) is 77.8 Å². The highest BCUT2D eigenvalue weighted by Gasteiger charge is 2.30. The minimum Gasteiger partial charge on any atom is -0.494 e. The van der Waals surface area contributed by atoms with Gasteiger partial charge in [0.2, 0.25) is 5.43 Å². The Balaban J connectivity index is 1.71. The molecule has 2 heterocycles. The summed E-state index contributed by atoms with van der Waals surface area (Å²) in [6.07, 6.45) is 4.75. The fourth-order valence-corrected chi connectivity index (χ4v) is 5.53. The molecule has 1 atom stereocenters. The standard InChI is InChI=1S/C23H22FNO5S/c1-25-10-14(23(28)30-11-6-7-11)21(27)13-8-15(24)19(22(29-2)20(13)25)18-9-12-16(26)4-3-5-17(12)31-18/h8-11,16,26H,3-7H2,1-2H3. The largest absolute Gasteiger partial charge is 0.494 e. The number of halogens is 1. The van der Waals surface area contributed by atoms with E-state index in [0.29, 0.717) is 16.8 Å². The van der Waals surface area contributed by atoms with E-state index in [1.165, 1.54) is 30.7 Å². The second-order valence-corrected chi connectivity index (χ2v) is 9.28. The maximum absolute atomic E-state index is 15.4. The molecular formula is C23H22FNO5S. The number of esters is 1. The van der Waals surface area contributed by atoms with Crippen molar-refractivity contribution in [2.45, 2.75) is 44.3 Å². The van der Waals surface area contributed by atoms with Crippen LogP contribution in [0.4, 0.5) is 4.39 Å². The summed E-state index contributed by atoms with van der Waals surface area (Å²) in [6.45, 7) is 0. The lowest BCUT2D eigenvalue weighted by Crippen LogP contribution is -2.21. The predicted octanol–water partition coefficient (Wildman–Crippen LogP) is 4.10. The van der Waals surface area contributed by atoms with E-state index in [1.54, 1.807) is 11.6 Å². The molecular weight excluding hydrogens is 421 g/mol. The number of carbonyl (C=O) groups excluding carboxylic acids is 1. The Labute approximate surface area is 181 Å². The first-order valence-electron chi connectivity index (χ1n) is 10.3. The van der Waals surface area contributed by atoms with Crippen molar-refractivity contribution < 1.29 is 23.8 Å². The minimum atomic E-state index is -0.687. The zero-order valence-electron chi connectivity index (χ0n) is 17.2. The zero-order valence-corrected chi connectivity index (χ0v) is 18.1. The second kappa shape index (κ2) is 7.46. The third-order valence-electron chi connectivity index (χ3n) is 5.92. The number of hydrogen-bond donors (Lipinski definition) is 1. The lowest BCUT2D eigenvalue weighted by Gasteiger charge is -2.16. The maximum Gasteiger partial charge on any atom is 0.343 e. The molecule has 0 spiro atoms. The number of carbonyl (C=O) groups is 1. The van der Waals surface area contributed by atoms with E-state index < -0.39 is 23.3 Å². The molecule has 2 aliphatic carbocycles. The van der Waals surface area contributed by atoms with Crippen molar-refractivity contribution in [2.75, 3.05) is 7.11 Å². The van der Waals surface area contributed by atoms with Gasteiger partial charge >= 0.3 is 5.97 Å². The number of pyridine rings is 1. The van der Waals surface area contributed by atoms with Gasteiger partial charge in [-0.05, 0) is 49.8 Å². The van der Waals surface area contributed by atoms with Gasteiger partial charge in [-0.2, -0.15) is 0 Å². The molecule has 0 radical (unpaired) electrons. The average molecular weight is 443 g/mol. The van der Waals surface area contributed by atoms with Gasteiger partial charge in [-0.3, -0.25) is 4.79 Å². The number of rotatable bonds is 4. The number of aromatic nitrogens is 1. The van der Waals surface area contributed by atoms with E-state index in [0.717, 1.165) is 36.1 Å². The second-order valence-electron chi connectivity index (χ2n) is 8.15. The van der Waals surface area contributed by atoms with Gasteiger partial charge in [0.1, 0.15) is 17.5 Å². The minimum absolute atomic E-state index is 0.0622. The number of hydrogen-bond acceptors (Lipinski definition) is 6. The van der Waals surface area contributed by atoms with E-state index in [1.807, 2.05) is 6.07 Å². The van der Waals surface area contributed by atoms with Crippen molar-refractivity contribution in [1.82, 2.24) is 4.57 Å². The number of methoxy groups -OCH3 is 1. The van der Waals surface area contributed by atoms with Gasteiger partial charge < -0.3 is 19.1 Å². The van der Waals surface area contributed by atoms with Crippen LogP contribution in [0.25, 0.3) is 21.3 Å². The van der Waals surface area contributed by atoms with Crippen LogP contribution < -0.4 is 10.2 Å². The molecule has 0 aliphatic heterocycles. The summed E-state index contributed by atoms with van der Waals surface area (Å²) in [6, 6.07) is 2.98. The summed E-state index contributed by atoms with van der Waals surface area (Å²) in [5, 5.41) is 10.4. The van der Waals surface area contributed by atoms with Gasteiger partial charge in [0.25, 0.3) is 0 Å². The summed E-state index contributed by atoms with van der Waals surface area (Å²) in [4.78, 5) is 27.1. The first kappa shape index (κ1) is 20.2. The van der Waals surface area contributed by atoms with Crippen molar-refractivity contribution >= 4 is 28.2 Å². The molecule has 0 saturated heterocycles. The molecule has 8 heteroatoms. The lowest BCUT2D eigenvalue weighted by atomic mass is 9.95. The highest BCUT2D eigenvalue weighted by atomic mass is 32.1. The van der Waals surface area contributed by atoms with E-state index >= 15 is 4.39 Å². The quantitative estimate of drug-likeness (QED) is 0.614. The zero-order chi connectivity index (χ0) is 21.9. The average Bonchev–Trinajstić information content (AvgIpc) is 3.44. The molecule has 2 aromatic heterocycles. The van der Waals surface area contributed by atoms with E-state index in [-0.39, 0.29) is 28.4 Å². The number of aliphatic hydroxyl groups excluding tert-OH is 1. The summed E-state index contributed by atoms with van der Waals surface area (Å²) >= 11 is 1.43. The smallest absolute Gasteiger partial charge is 0.343 e. The van der Waals surface area contributed by atoms with Crippen LogP contribution in [0.15, 0.2) is 23.1 Å². The molecule has 6 nitrogen and oxygen atoms in total. The molecule has 1 N–H and O–H groups in total. The molecule has 3 aromatic rings. The van der Waals surface area contributed by atoms with Crippen LogP contribution in [0.3, 0.4) is 0 Å². The molecule has 31 heavy (non-hydrogen) atoms. The Kier molecular flexibility index (Phi) is 4.86. The Morgan fingerprint density at radius 2 is 2.06 bits per heavy atom. The molecule has 2 aliphatic rings. The molecule has 1 unspecified atom stereocenters. The monoisotopic (exact) mass is 443 g/mol. The number of fused-ring (bicyclic) bond motifs is 2. The number of aryl methyl sites for hydroxylation is 2. The van der Waals surface area contributed by atoms with Gasteiger partial charge in [0.05, 0.1) is 29.7 Å². The molecule has 1 fully saturated rings. The Morgan fingerprint density at radius 1 is 1.29 bits per heavy atom. The van der Waals surface area contributed by atoms with Crippen molar-refractivity contribution in [2.24, 2.45) is 7.05 Å². The predicted molar refractivity (Wildman–Crippen MR) is 115 cm³/mol. The van der Waals surface area contributed by atoms with Gasteiger partial charge in [0, 0.05) is 23.0 Å². The summed E-state index contributed by atoms with van der Waals surface area (Å²) in [7, 11) is 3.11. The first-order valence-corrected chi connectivity index (χ1v) is 11.1. The number of benzene rings is 1. The van der Waals surface area contributed by atoms with E-state index in [9.17, 15) is 14.7 Å². The summed E-state index contributed by atoms with van der Waals surface area (Å²) in [5.74, 6) is -1.07. The van der Waals surface area contributed by atoms with Crippen molar-refractivity contribution in [1.29, 1.82) is 0 Å². The van der Waals surface area contributed by atoms with E-state index in [4.69, 9.17) is 9.47 Å². The molecule has 0 bridgehead atoms. The van der Waals surface area contributed by atoms with Crippen LogP contribution in [0.5, 0.6) is 5.75 Å². The van der Waals surface area contributed by atoms with Crippen LogP contribution in [-0.4, -0.2) is 28.9 Å². The fraction of sp³-hybridized carbons (Fsp3) is 0.391. The summed E-state index contributed by atoms with van der Waals surface area (Å²) < 4.78 is 27.8. The number of aliphatic hydroxyl groups is 1. The number of nitrogens with zero attached hydrogens (tertiary/aromatic N) is 1. The van der Waals surface area contributed by atoms with Crippen LogP contribution >= 0.6 is 11.3 Å². The van der Waals surface area contributed by atoms with Crippen LogP contribution in [0.1, 0.15) is 52.6 Å². The fourth-order valence-electron chi connectivity index (χ4n) is 4.23. The molecule has 1 aromatic carbocycles. The van der Waals surface area contributed by atoms with E-state index in [2.05, 4.69) is 0 Å². The van der Waals surface area contributed by atoms with Gasteiger partial charge in [0.15, 0.2) is 5.75 Å². The molecule has 162 valence electrons. The Bertz CT molecular complexity index is 1270. The number of thiophene rings is 1. The van der Waals surface area contributed by atoms with Crippen molar-refractivity contribution in [3.63, 3.8) is 0 Å². The number of ether oxygens (including phenoxy) is 2. The third-order valence-corrected chi connectivity index (χ3v) is 7.15. The molecule has 1 saturated carbocycles. The highest BCUT2D eigenvalue weighted by Crippen LogP contribution is 2.45. The lowest BCUT2D eigenvalue weighted by molar-refractivity contribution is 0.0470. The Morgan fingerprint density at radius 3 is 2.74 bits per heavy atom. The normalized spacial score (nSPS) is 18.1.